The summed E-state index contributed by atoms with van der Waals surface area (Å²) in [5.41, 5.74) is 3.37. The number of fused-ring (bicyclic) bond motifs is 1. The molecule has 0 N–H and O–H groups in total. The second-order valence-electron chi connectivity index (χ2n) is 8.98. The van der Waals surface area contributed by atoms with Crippen LogP contribution in [0.5, 0.6) is 0 Å². The van der Waals surface area contributed by atoms with Crippen LogP contribution in [0.3, 0.4) is 0 Å². The van der Waals surface area contributed by atoms with Gasteiger partial charge in [-0.15, -0.1) is 0 Å². The van der Waals surface area contributed by atoms with E-state index in [1.807, 2.05) is 29.2 Å². The number of nitrogens with zero attached hydrogens (tertiary/aromatic N) is 2. The van der Waals surface area contributed by atoms with Gasteiger partial charge in [-0.05, 0) is 69.4 Å². The fraction of sp³-hybridized carbons (Fsp3) is 0.458. The molecule has 0 aromatic heterocycles. The molecule has 3 nitrogen and oxygen atoms in total. The Labute approximate surface area is 167 Å². The molecule has 1 amide bonds. The number of piperidine rings is 1. The van der Waals surface area contributed by atoms with Crippen molar-refractivity contribution < 1.29 is 9.18 Å². The highest BCUT2D eigenvalue weighted by Crippen LogP contribution is 2.44. The highest BCUT2D eigenvalue weighted by molar-refractivity contribution is 5.79. The Bertz CT molecular complexity index is 861. The fourth-order valence-corrected chi connectivity index (χ4v) is 5.23. The molecule has 0 radical (unpaired) electrons. The lowest BCUT2D eigenvalue weighted by atomic mass is 9.89. The number of carbonyl (C=O) groups excluding carboxylic acids is 1. The van der Waals surface area contributed by atoms with Crippen molar-refractivity contribution in [3.63, 3.8) is 0 Å². The number of hydrogen-bond donors (Lipinski definition) is 0. The lowest BCUT2D eigenvalue weighted by Gasteiger charge is -2.42. The molecule has 0 spiro atoms. The minimum absolute atomic E-state index is 0.00274. The molecular weight excluding hydrogens is 351 g/mol. The molecule has 148 valence electrons. The molecule has 2 fully saturated rings. The van der Waals surface area contributed by atoms with Crippen LogP contribution in [0.1, 0.15) is 37.8 Å². The molecule has 0 saturated carbocycles. The summed E-state index contributed by atoms with van der Waals surface area (Å²) in [4.78, 5) is 17.4. The topological polar surface area (TPSA) is 23.6 Å². The minimum Gasteiger partial charge on any atom is -0.363 e. The Kier molecular flexibility index (Phi) is 4.90. The van der Waals surface area contributed by atoms with Crippen molar-refractivity contribution in [3.8, 4) is 0 Å². The van der Waals surface area contributed by atoms with Crippen LogP contribution in [0.25, 0.3) is 0 Å². The normalized spacial score (nSPS) is 23.6. The molecule has 2 heterocycles. The minimum atomic E-state index is -0.200. The van der Waals surface area contributed by atoms with Crippen LogP contribution in [-0.4, -0.2) is 35.5 Å². The molecule has 2 aromatic rings. The van der Waals surface area contributed by atoms with Crippen LogP contribution in [0, 0.1) is 18.7 Å². The number of aryl methyl sites for hydroxylation is 1. The molecule has 2 aliphatic heterocycles. The highest BCUT2D eigenvalue weighted by atomic mass is 19.1. The number of carbonyl (C=O) groups is 1. The predicted molar refractivity (Wildman–Crippen MR) is 111 cm³/mol. The maximum atomic E-state index is 13.4. The zero-order chi connectivity index (χ0) is 19.9. The Morgan fingerprint density at radius 2 is 1.93 bits per heavy atom. The van der Waals surface area contributed by atoms with E-state index in [2.05, 4.69) is 37.8 Å². The van der Waals surface area contributed by atoms with E-state index in [9.17, 15) is 9.18 Å². The smallest absolute Gasteiger partial charge is 0.227 e. The lowest BCUT2D eigenvalue weighted by Crippen LogP contribution is -2.50. The first-order valence-electron chi connectivity index (χ1n) is 10.2. The van der Waals surface area contributed by atoms with Gasteiger partial charge in [0.2, 0.25) is 5.91 Å². The maximum Gasteiger partial charge on any atom is 0.227 e. The van der Waals surface area contributed by atoms with Gasteiger partial charge in [0.05, 0.1) is 6.42 Å². The van der Waals surface area contributed by atoms with E-state index in [0.29, 0.717) is 18.4 Å². The molecule has 0 bridgehead atoms. The molecular formula is C24H29FN2O. The second-order valence-corrected chi connectivity index (χ2v) is 8.98. The maximum absolute atomic E-state index is 13.4. The van der Waals surface area contributed by atoms with Crippen molar-refractivity contribution in [2.45, 2.75) is 51.6 Å². The van der Waals surface area contributed by atoms with Crippen molar-refractivity contribution in [3.05, 3.63) is 65.5 Å². The van der Waals surface area contributed by atoms with E-state index in [1.165, 1.54) is 5.56 Å². The van der Waals surface area contributed by atoms with Crippen molar-refractivity contribution in [1.82, 2.24) is 4.90 Å². The molecule has 2 saturated heterocycles. The van der Waals surface area contributed by atoms with Crippen molar-refractivity contribution in [2.75, 3.05) is 18.0 Å². The number of anilines is 1. The number of likely N-dealkylation sites (tertiary alicyclic amines) is 1. The van der Waals surface area contributed by atoms with Gasteiger partial charge >= 0.3 is 0 Å². The Morgan fingerprint density at radius 3 is 2.64 bits per heavy atom. The Hall–Kier alpha value is -2.36. The van der Waals surface area contributed by atoms with Gasteiger partial charge in [0.1, 0.15) is 5.82 Å². The van der Waals surface area contributed by atoms with Gasteiger partial charge in [0.15, 0.2) is 0 Å². The van der Waals surface area contributed by atoms with Crippen molar-refractivity contribution in [2.24, 2.45) is 5.92 Å². The summed E-state index contributed by atoms with van der Waals surface area (Å²) < 4.78 is 13.4. The number of rotatable bonds is 3. The van der Waals surface area contributed by atoms with Crippen LogP contribution in [-0.2, 0) is 11.2 Å². The molecule has 4 heteroatoms. The summed E-state index contributed by atoms with van der Waals surface area (Å²) in [7, 11) is 0. The summed E-state index contributed by atoms with van der Waals surface area (Å²) in [6.45, 7) is 8.18. The van der Waals surface area contributed by atoms with E-state index < -0.39 is 0 Å². The van der Waals surface area contributed by atoms with Crippen LogP contribution < -0.4 is 4.90 Å². The van der Waals surface area contributed by atoms with Crippen LogP contribution in [0.4, 0.5) is 10.1 Å². The summed E-state index contributed by atoms with van der Waals surface area (Å²) in [5, 5.41) is 0. The third-order valence-corrected chi connectivity index (χ3v) is 6.33. The number of benzene rings is 2. The third-order valence-electron chi connectivity index (χ3n) is 6.33. The average molecular weight is 381 g/mol. The predicted octanol–water partition coefficient (Wildman–Crippen LogP) is 4.58. The molecule has 0 aliphatic carbocycles. The molecule has 0 unspecified atom stereocenters. The first kappa shape index (κ1) is 19.0. The van der Waals surface area contributed by atoms with Gasteiger partial charge < -0.3 is 9.80 Å². The van der Waals surface area contributed by atoms with E-state index >= 15 is 0 Å². The highest BCUT2D eigenvalue weighted by Gasteiger charge is 2.48. The number of hydrogen-bond acceptors (Lipinski definition) is 2. The SMILES string of the molecule is Cc1cccc(CC(=O)N2CC[C@H]3[C@@H](C2)CC(C)(C)N3c2ccc(F)cc2)c1. The number of amides is 1. The summed E-state index contributed by atoms with van der Waals surface area (Å²) in [6, 6.07) is 15.5. The second kappa shape index (κ2) is 7.23. The number of halogens is 1. The third kappa shape index (κ3) is 3.65. The van der Waals surface area contributed by atoms with Crippen molar-refractivity contribution in [1.29, 1.82) is 0 Å². The van der Waals surface area contributed by atoms with E-state index in [1.54, 1.807) is 12.1 Å². The molecule has 28 heavy (non-hydrogen) atoms. The lowest BCUT2D eigenvalue weighted by molar-refractivity contribution is -0.132. The average Bonchev–Trinajstić information content (AvgIpc) is 2.91. The zero-order valence-corrected chi connectivity index (χ0v) is 17.0. The van der Waals surface area contributed by atoms with Crippen molar-refractivity contribution >= 4 is 11.6 Å². The van der Waals surface area contributed by atoms with Gasteiger partial charge in [0.25, 0.3) is 0 Å². The summed E-state index contributed by atoms with van der Waals surface area (Å²) in [6.07, 6.45) is 2.48. The van der Waals surface area contributed by atoms with Crippen LogP contribution in [0.2, 0.25) is 0 Å². The standard InChI is InChI=1S/C24H29FN2O/c1-17-5-4-6-18(13-17)14-23(28)26-12-11-22-19(16-26)15-24(2,3)27(22)21-9-7-20(25)8-10-21/h4-10,13,19,22H,11-12,14-16H2,1-3H3/t19-,22+/m1/s1. The van der Waals surface area contributed by atoms with E-state index in [-0.39, 0.29) is 17.3 Å². The van der Waals surface area contributed by atoms with Gasteiger partial charge in [0, 0.05) is 30.4 Å². The Morgan fingerprint density at radius 1 is 1.18 bits per heavy atom. The van der Waals surface area contributed by atoms with Gasteiger partial charge in [-0.3, -0.25) is 4.79 Å². The monoisotopic (exact) mass is 380 g/mol. The van der Waals surface area contributed by atoms with Crippen LogP contribution in [0.15, 0.2) is 48.5 Å². The van der Waals surface area contributed by atoms with Crippen LogP contribution >= 0.6 is 0 Å². The molecule has 2 aliphatic rings. The zero-order valence-electron chi connectivity index (χ0n) is 17.0. The fourth-order valence-electron chi connectivity index (χ4n) is 5.23. The summed E-state index contributed by atoms with van der Waals surface area (Å²) in [5.74, 6) is 0.478. The molecule has 2 atom stereocenters. The van der Waals surface area contributed by atoms with Gasteiger partial charge in [-0.1, -0.05) is 29.8 Å². The molecule has 4 rings (SSSR count). The summed E-state index contributed by atoms with van der Waals surface area (Å²) >= 11 is 0. The Balaban J connectivity index is 1.47. The quantitative estimate of drug-likeness (QED) is 0.778. The van der Waals surface area contributed by atoms with E-state index in [0.717, 1.165) is 37.2 Å². The first-order valence-corrected chi connectivity index (χ1v) is 10.2. The largest absolute Gasteiger partial charge is 0.363 e. The molecule has 2 aromatic carbocycles. The van der Waals surface area contributed by atoms with Gasteiger partial charge in [-0.2, -0.15) is 0 Å². The first-order chi connectivity index (χ1) is 13.3. The van der Waals surface area contributed by atoms with Gasteiger partial charge in [-0.25, -0.2) is 4.39 Å². The van der Waals surface area contributed by atoms with E-state index in [4.69, 9.17) is 0 Å².